The van der Waals surface area contributed by atoms with Crippen LogP contribution < -0.4 is 5.32 Å². The van der Waals surface area contributed by atoms with Gasteiger partial charge in [-0.05, 0) is 43.8 Å². The molecule has 6 nitrogen and oxygen atoms in total. The average Bonchev–Trinajstić information content (AvgIpc) is 3.22. The standard InChI is InChI=1S/C25H26ClN5O/c1-3-15-30(2)22(18-9-5-4-6-10-18)16-29-24(32)19-17-31(25-27-13-8-14-28-25)21-12-7-11-20(26)23(19)21/h4-14,17,22H,3,15-16H2,1-2H3,(H,29,32). The normalized spacial score (nSPS) is 12.2. The second-order valence-electron chi connectivity index (χ2n) is 7.71. The van der Waals surface area contributed by atoms with Crippen molar-refractivity contribution in [3.05, 3.63) is 89.3 Å². The predicted molar refractivity (Wildman–Crippen MR) is 128 cm³/mol. The lowest BCUT2D eigenvalue weighted by molar-refractivity contribution is 0.0940. The first-order chi connectivity index (χ1) is 15.6. The van der Waals surface area contributed by atoms with Crippen LogP contribution in [0.4, 0.5) is 0 Å². The monoisotopic (exact) mass is 447 g/mol. The molecule has 0 aliphatic heterocycles. The van der Waals surface area contributed by atoms with Crippen LogP contribution in [0.3, 0.4) is 0 Å². The van der Waals surface area contributed by atoms with Gasteiger partial charge in [-0.1, -0.05) is 54.9 Å². The van der Waals surface area contributed by atoms with Gasteiger partial charge < -0.3 is 5.32 Å². The van der Waals surface area contributed by atoms with Crippen molar-refractivity contribution in [2.45, 2.75) is 19.4 Å². The second-order valence-corrected chi connectivity index (χ2v) is 8.12. The van der Waals surface area contributed by atoms with Gasteiger partial charge in [-0.3, -0.25) is 14.3 Å². The van der Waals surface area contributed by atoms with Gasteiger partial charge in [0.15, 0.2) is 0 Å². The minimum atomic E-state index is -0.177. The van der Waals surface area contributed by atoms with Crippen molar-refractivity contribution >= 4 is 28.4 Å². The average molecular weight is 448 g/mol. The topological polar surface area (TPSA) is 63.1 Å². The number of likely N-dealkylation sites (N-methyl/N-ethyl adjacent to an activating group) is 1. The number of benzene rings is 2. The Kier molecular flexibility index (Phi) is 6.83. The maximum Gasteiger partial charge on any atom is 0.253 e. The zero-order chi connectivity index (χ0) is 22.5. The van der Waals surface area contributed by atoms with E-state index in [4.69, 9.17) is 11.6 Å². The molecule has 1 N–H and O–H groups in total. The van der Waals surface area contributed by atoms with Crippen LogP contribution in [0, 0.1) is 0 Å². The molecular weight excluding hydrogens is 422 g/mol. The third-order valence-corrected chi connectivity index (χ3v) is 5.85. The maximum atomic E-state index is 13.3. The van der Waals surface area contributed by atoms with Crippen molar-refractivity contribution in [1.82, 2.24) is 24.8 Å². The fourth-order valence-electron chi connectivity index (χ4n) is 3.99. The molecule has 0 saturated carbocycles. The maximum absolute atomic E-state index is 13.3. The Hall–Kier alpha value is -3.22. The molecule has 0 bridgehead atoms. The highest BCUT2D eigenvalue weighted by Crippen LogP contribution is 2.30. The fraction of sp³-hybridized carbons (Fsp3) is 0.240. The number of aromatic nitrogens is 3. The number of hydrogen-bond donors (Lipinski definition) is 1. The summed E-state index contributed by atoms with van der Waals surface area (Å²) in [6.07, 6.45) is 6.14. The van der Waals surface area contributed by atoms with Crippen LogP contribution >= 0.6 is 11.6 Å². The van der Waals surface area contributed by atoms with Crippen LogP contribution in [0.25, 0.3) is 16.9 Å². The first-order valence-corrected chi connectivity index (χ1v) is 11.1. The number of fused-ring (bicyclic) bond motifs is 1. The molecule has 4 rings (SSSR count). The van der Waals surface area contributed by atoms with Crippen LogP contribution in [0.1, 0.15) is 35.3 Å². The van der Waals surface area contributed by atoms with Gasteiger partial charge in [-0.2, -0.15) is 0 Å². The first kappa shape index (κ1) is 22.0. The SMILES string of the molecule is CCCN(C)C(CNC(=O)c1cn(-c2ncccn2)c2cccc(Cl)c12)c1ccccc1. The molecule has 2 aromatic carbocycles. The largest absolute Gasteiger partial charge is 0.350 e. The summed E-state index contributed by atoms with van der Waals surface area (Å²) in [4.78, 5) is 24.3. The predicted octanol–water partition coefficient (Wildman–Crippen LogP) is 4.89. The molecule has 0 radical (unpaired) electrons. The van der Waals surface area contributed by atoms with E-state index in [-0.39, 0.29) is 11.9 Å². The minimum absolute atomic E-state index is 0.0707. The molecule has 0 aliphatic carbocycles. The highest BCUT2D eigenvalue weighted by Gasteiger charge is 2.22. The van der Waals surface area contributed by atoms with Crippen molar-refractivity contribution in [2.24, 2.45) is 0 Å². The Balaban J connectivity index is 1.65. The molecule has 4 aromatic rings. The van der Waals surface area contributed by atoms with Gasteiger partial charge in [0.1, 0.15) is 0 Å². The van der Waals surface area contributed by atoms with Crippen molar-refractivity contribution in [1.29, 1.82) is 0 Å². The van der Waals surface area contributed by atoms with E-state index in [1.165, 1.54) is 5.56 Å². The van der Waals surface area contributed by atoms with Gasteiger partial charge in [-0.15, -0.1) is 0 Å². The van der Waals surface area contributed by atoms with Crippen LogP contribution in [0.5, 0.6) is 0 Å². The summed E-state index contributed by atoms with van der Waals surface area (Å²) in [5.41, 5.74) is 2.46. The van der Waals surface area contributed by atoms with Crippen LogP contribution in [0.2, 0.25) is 5.02 Å². The molecule has 0 aliphatic rings. The number of amides is 1. The Morgan fingerprint density at radius 3 is 2.56 bits per heavy atom. The van der Waals surface area contributed by atoms with Gasteiger partial charge >= 0.3 is 0 Å². The Morgan fingerprint density at radius 2 is 1.84 bits per heavy atom. The second kappa shape index (κ2) is 9.94. The third kappa shape index (κ3) is 4.52. The number of nitrogens with zero attached hydrogens (tertiary/aromatic N) is 4. The number of nitrogens with one attached hydrogen (secondary N) is 1. The molecule has 2 heterocycles. The Morgan fingerprint density at radius 1 is 1.09 bits per heavy atom. The van der Waals surface area contributed by atoms with Crippen LogP contribution in [-0.4, -0.2) is 45.5 Å². The zero-order valence-electron chi connectivity index (χ0n) is 18.2. The molecule has 0 spiro atoms. The lowest BCUT2D eigenvalue weighted by Gasteiger charge is -2.28. The summed E-state index contributed by atoms with van der Waals surface area (Å²) in [6.45, 7) is 3.57. The van der Waals surface area contributed by atoms with E-state index in [0.717, 1.165) is 18.5 Å². The van der Waals surface area contributed by atoms with Crippen molar-refractivity contribution in [3.63, 3.8) is 0 Å². The van der Waals surface area contributed by atoms with E-state index < -0.39 is 0 Å². The molecule has 1 unspecified atom stereocenters. The number of carbonyl (C=O) groups is 1. The van der Waals surface area contributed by atoms with Crippen molar-refractivity contribution in [3.8, 4) is 5.95 Å². The number of halogens is 1. The summed E-state index contributed by atoms with van der Waals surface area (Å²) in [6, 6.07) is 17.6. The molecular formula is C25H26ClN5O. The lowest BCUT2D eigenvalue weighted by Crippen LogP contribution is -2.36. The molecule has 2 aromatic heterocycles. The lowest BCUT2D eigenvalue weighted by atomic mass is 10.0. The number of carbonyl (C=O) groups excluding carboxylic acids is 1. The van der Waals surface area contributed by atoms with E-state index in [2.05, 4.69) is 46.3 Å². The van der Waals surface area contributed by atoms with Gasteiger partial charge in [0.2, 0.25) is 5.95 Å². The van der Waals surface area contributed by atoms with Crippen LogP contribution in [-0.2, 0) is 0 Å². The minimum Gasteiger partial charge on any atom is -0.350 e. The van der Waals surface area contributed by atoms with Gasteiger partial charge in [0.25, 0.3) is 5.91 Å². The molecule has 0 saturated heterocycles. The van der Waals surface area contributed by atoms with E-state index in [1.54, 1.807) is 35.3 Å². The number of rotatable bonds is 8. The Bertz CT molecular complexity index is 1190. The van der Waals surface area contributed by atoms with E-state index in [9.17, 15) is 4.79 Å². The van der Waals surface area contributed by atoms with E-state index in [1.807, 2.05) is 30.3 Å². The zero-order valence-corrected chi connectivity index (χ0v) is 19.0. The fourth-order valence-corrected chi connectivity index (χ4v) is 4.26. The number of hydrogen-bond acceptors (Lipinski definition) is 4. The third-order valence-electron chi connectivity index (χ3n) is 5.54. The molecule has 1 amide bonds. The summed E-state index contributed by atoms with van der Waals surface area (Å²) >= 11 is 6.51. The van der Waals surface area contributed by atoms with E-state index >= 15 is 0 Å². The molecule has 7 heteroatoms. The van der Waals surface area contributed by atoms with Gasteiger partial charge in [0.05, 0.1) is 22.1 Å². The van der Waals surface area contributed by atoms with Crippen molar-refractivity contribution < 1.29 is 4.79 Å². The van der Waals surface area contributed by atoms with Crippen LogP contribution in [0.15, 0.2) is 73.2 Å². The Labute approximate surface area is 192 Å². The quantitative estimate of drug-likeness (QED) is 0.418. The molecule has 164 valence electrons. The molecule has 32 heavy (non-hydrogen) atoms. The first-order valence-electron chi connectivity index (χ1n) is 10.7. The summed E-state index contributed by atoms with van der Waals surface area (Å²) < 4.78 is 1.80. The highest BCUT2D eigenvalue weighted by molar-refractivity contribution is 6.37. The molecule has 0 fully saturated rings. The highest BCUT2D eigenvalue weighted by atomic mass is 35.5. The summed E-state index contributed by atoms with van der Waals surface area (Å²) in [5, 5.41) is 4.34. The molecule has 1 atom stereocenters. The summed E-state index contributed by atoms with van der Waals surface area (Å²) in [5.74, 6) is 0.312. The summed E-state index contributed by atoms with van der Waals surface area (Å²) in [7, 11) is 2.09. The van der Waals surface area contributed by atoms with Gasteiger partial charge in [0, 0.05) is 30.5 Å². The van der Waals surface area contributed by atoms with Crippen molar-refractivity contribution in [2.75, 3.05) is 20.1 Å². The smallest absolute Gasteiger partial charge is 0.253 e. The van der Waals surface area contributed by atoms with Gasteiger partial charge in [-0.25, -0.2) is 9.97 Å². The van der Waals surface area contributed by atoms with E-state index in [0.29, 0.717) is 28.5 Å².